The van der Waals surface area contributed by atoms with Crippen LogP contribution in [0.4, 0.5) is 0 Å². The van der Waals surface area contributed by atoms with Gasteiger partial charge in [0.15, 0.2) is 0 Å². The van der Waals surface area contributed by atoms with Crippen molar-refractivity contribution in [3.8, 4) is 5.75 Å². The molecular formula is C12H8N2O5. The zero-order valence-corrected chi connectivity index (χ0v) is 9.54. The topological polar surface area (TPSA) is 104 Å². The number of imide groups is 2. The normalized spacial score (nSPS) is 21.9. The average molecular weight is 260 g/mol. The second-order valence-corrected chi connectivity index (χ2v) is 4.31. The Morgan fingerprint density at radius 1 is 1.16 bits per heavy atom. The molecule has 1 saturated heterocycles. The van der Waals surface area contributed by atoms with Gasteiger partial charge in [0.05, 0.1) is 17.5 Å². The van der Waals surface area contributed by atoms with Crippen molar-refractivity contribution in [2.75, 3.05) is 0 Å². The van der Waals surface area contributed by atoms with Crippen molar-refractivity contribution < 1.29 is 24.3 Å². The Morgan fingerprint density at radius 2 is 1.89 bits per heavy atom. The lowest BCUT2D eigenvalue weighted by Gasteiger charge is -2.18. The molecule has 2 heterocycles. The fraction of sp³-hybridized carbons (Fsp3) is 0.167. The predicted octanol–water partition coefficient (Wildman–Crippen LogP) is -0.597. The summed E-state index contributed by atoms with van der Waals surface area (Å²) in [4.78, 5) is 47.7. The Kier molecular flexibility index (Phi) is 2.19. The maximum Gasteiger partial charge on any atom is 0.266 e. The second-order valence-electron chi connectivity index (χ2n) is 4.31. The van der Waals surface area contributed by atoms with E-state index >= 15 is 0 Å². The van der Waals surface area contributed by atoms with Gasteiger partial charge in [0.25, 0.3) is 11.8 Å². The molecular weight excluding hydrogens is 252 g/mol. The summed E-state index contributed by atoms with van der Waals surface area (Å²) in [5, 5.41) is 11.7. The van der Waals surface area contributed by atoms with Gasteiger partial charge in [0, 0.05) is 0 Å². The molecule has 1 unspecified atom stereocenters. The van der Waals surface area contributed by atoms with Crippen molar-refractivity contribution in [3.63, 3.8) is 0 Å². The Labute approximate surface area is 106 Å². The lowest BCUT2D eigenvalue weighted by atomic mass is 10.1. The smallest absolute Gasteiger partial charge is 0.266 e. The Balaban J connectivity index is 2.06. The molecule has 1 aromatic carbocycles. The first-order valence-corrected chi connectivity index (χ1v) is 5.54. The van der Waals surface area contributed by atoms with Crippen molar-refractivity contribution in [2.45, 2.75) is 12.5 Å². The molecule has 19 heavy (non-hydrogen) atoms. The standard InChI is InChI=1S/C12H8N2O5/c15-7-3-1-2-5-9(7)12(19)14(11(5)18)6-4-8(16)13-10(6)17/h1-3,6,15H,4H2,(H,13,16,17). The van der Waals surface area contributed by atoms with Crippen molar-refractivity contribution in [3.05, 3.63) is 29.3 Å². The highest BCUT2D eigenvalue weighted by atomic mass is 16.3. The van der Waals surface area contributed by atoms with Crippen LogP contribution in [-0.4, -0.2) is 39.7 Å². The third-order valence-electron chi connectivity index (χ3n) is 3.18. The molecule has 96 valence electrons. The summed E-state index contributed by atoms with van der Waals surface area (Å²) in [5.74, 6) is -2.96. The van der Waals surface area contributed by atoms with Crippen LogP contribution in [0, 0.1) is 0 Å². The molecule has 2 aliphatic rings. The van der Waals surface area contributed by atoms with Crippen LogP contribution < -0.4 is 5.32 Å². The van der Waals surface area contributed by atoms with E-state index in [1.165, 1.54) is 18.2 Å². The third kappa shape index (κ3) is 1.44. The minimum absolute atomic E-state index is 0.0390. The SMILES string of the molecule is O=C1CC(N2C(=O)c3cccc(O)c3C2=O)C(=O)N1. The summed E-state index contributed by atoms with van der Waals surface area (Å²) in [7, 11) is 0. The van der Waals surface area contributed by atoms with Crippen molar-refractivity contribution >= 4 is 23.6 Å². The zero-order chi connectivity index (χ0) is 13.7. The summed E-state index contributed by atoms with van der Waals surface area (Å²) in [5.41, 5.74) is -0.0863. The number of hydrogen-bond donors (Lipinski definition) is 2. The number of aromatic hydroxyl groups is 1. The molecule has 0 aliphatic carbocycles. The molecule has 2 aliphatic heterocycles. The van der Waals surface area contributed by atoms with Crippen molar-refractivity contribution in [2.24, 2.45) is 0 Å². The van der Waals surface area contributed by atoms with Crippen LogP contribution in [-0.2, 0) is 9.59 Å². The van der Waals surface area contributed by atoms with E-state index in [0.717, 1.165) is 4.90 Å². The number of nitrogens with one attached hydrogen (secondary N) is 1. The van der Waals surface area contributed by atoms with Gasteiger partial charge in [0.2, 0.25) is 11.8 Å². The number of fused-ring (bicyclic) bond motifs is 1. The highest BCUT2D eigenvalue weighted by Gasteiger charge is 2.47. The van der Waals surface area contributed by atoms with Crippen LogP contribution in [0.1, 0.15) is 27.1 Å². The van der Waals surface area contributed by atoms with Gasteiger partial charge >= 0.3 is 0 Å². The van der Waals surface area contributed by atoms with E-state index in [0.29, 0.717) is 0 Å². The van der Waals surface area contributed by atoms with Crippen molar-refractivity contribution in [1.29, 1.82) is 0 Å². The molecule has 0 saturated carbocycles. The number of phenols is 1. The van der Waals surface area contributed by atoms with Crippen LogP contribution in [0.25, 0.3) is 0 Å². The van der Waals surface area contributed by atoms with E-state index in [2.05, 4.69) is 0 Å². The number of phenolic OH excluding ortho intramolecular Hbond substituents is 1. The second kappa shape index (κ2) is 3.64. The van der Waals surface area contributed by atoms with Crippen LogP contribution in [0.15, 0.2) is 18.2 Å². The van der Waals surface area contributed by atoms with Crippen LogP contribution >= 0.6 is 0 Å². The fourth-order valence-corrected chi connectivity index (χ4v) is 2.32. The summed E-state index contributed by atoms with van der Waals surface area (Å²) < 4.78 is 0. The number of carbonyl (C=O) groups is 4. The number of hydrogen-bond acceptors (Lipinski definition) is 5. The van der Waals surface area contributed by atoms with Crippen molar-refractivity contribution in [1.82, 2.24) is 10.2 Å². The minimum atomic E-state index is -1.14. The maximum atomic E-state index is 12.1. The fourth-order valence-electron chi connectivity index (χ4n) is 2.32. The number of carbonyl (C=O) groups excluding carboxylic acids is 4. The number of nitrogens with zero attached hydrogens (tertiary/aromatic N) is 1. The lowest BCUT2D eigenvalue weighted by Crippen LogP contribution is -2.44. The number of amides is 4. The predicted molar refractivity (Wildman–Crippen MR) is 60.2 cm³/mol. The highest BCUT2D eigenvalue weighted by Crippen LogP contribution is 2.32. The first kappa shape index (κ1) is 11.4. The summed E-state index contributed by atoms with van der Waals surface area (Å²) >= 11 is 0. The molecule has 1 atom stereocenters. The van der Waals surface area contributed by atoms with E-state index in [9.17, 15) is 24.3 Å². The van der Waals surface area contributed by atoms with Gasteiger partial charge in [-0.15, -0.1) is 0 Å². The molecule has 0 aromatic heterocycles. The lowest BCUT2D eigenvalue weighted by molar-refractivity contribution is -0.125. The monoisotopic (exact) mass is 260 g/mol. The Bertz CT molecular complexity index is 652. The van der Waals surface area contributed by atoms with Crippen LogP contribution in [0.3, 0.4) is 0 Å². The first-order chi connectivity index (χ1) is 9.00. The largest absolute Gasteiger partial charge is 0.507 e. The minimum Gasteiger partial charge on any atom is -0.507 e. The molecule has 7 nitrogen and oxygen atoms in total. The van der Waals surface area contributed by atoms with E-state index in [4.69, 9.17) is 0 Å². The molecule has 0 bridgehead atoms. The molecule has 7 heteroatoms. The summed E-state index contributed by atoms with van der Waals surface area (Å²) in [6, 6.07) is 2.97. The quantitative estimate of drug-likeness (QED) is 0.656. The zero-order valence-electron chi connectivity index (χ0n) is 9.54. The maximum absolute atomic E-state index is 12.1. The summed E-state index contributed by atoms with van der Waals surface area (Å²) in [6.45, 7) is 0. The molecule has 0 radical (unpaired) electrons. The Morgan fingerprint density at radius 3 is 2.47 bits per heavy atom. The average Bonchev–Trinajstić information content (AvgIpc) is 2.79. The first-order valence-electron chi connectivity index (χ1n) is 5.54. The van der Waals surface area contributed by atoms with Gasteiger partial charge in [0.1, 0.15) is 11.8 Å². The van der Waals surface area contributed by atoms with E-state index in [1.807, 2.05) is 5.32 Å². The molecule has 1 fully saturated rings. The molecule has 2 N–H and O–H groups in total. The van der Waals surface area contributed by atoms with Gasteiger partial charge in [-0.3, -0.25) is 29.4 Å². The third-order valence-corrected chi connectivity index (χ3v) is 3.18. The molecule has 1 aromatic rings. The van der Waals surface area contributed by atoms with E-state index in [1.54, 1.807) is 0 Å². The molecule has 3 rings (SSSR count). The van der Waals surface area contributed by atoms with E-state index < -0.39 is 29.7 Å². The number of rotatable bonds is 1. The molecule has 4 amide bonds. The van der Waals surface area contributed by atoms with Gasteiger partial charge in [-0.2, -0.15) is 0 Å². The van der Waals surface area contributed by atoms with Crippen LogP contribution in [0.5, 0.6) is 5.75 Å². The van der Waals surface area contributed by atoms with Gasteiger partial charge < -0.3 is 5.11 Å². The molecule has 0 spiro atoms. The van der Waals surface area contributed by atoms with Gasteiger partial charge in [-0.1, -0.05) is 6.07 Å². The van der Waals surface area contributed by atoms with Gasteiger partial charge in [-0.25, -0.2) is 0 Å². The summed E-state index contributed by atoms with van der Waals surface area (Å²) in [6.07, 6.45) is -0.245. The Hall–Kier alpha value is -2.70. The number of benzene rings is 1. The van der Waals surface area contributed by atoms with Gasteiger partial charge in [-0.05, 0) is 12.1 Å². The highest BCUT2D eigenvalue weighted by molar-refractivity contribution is 6.25. The van der Waals surface area contributed by atoms with E-state index in [-0.39, 0.29) is 23.3 Å². The van der Waals surface area contributed by atoms with Crippen LogP contribution in [0.2, 0.25) is 0 Å².